The summed E-state index contributed by atoms with van der Waals surface area (Å²) in [5.74, 6) is -1.02. The molecule has 0 radical (unpaired) electrons. The van der Waals surface area contributed by atoms with Crippen LogP contribution >= 0.6 is 27.3 Å². The summed E-state index contributed by atoms with van der Waals surface area (Å²) in [5, 5.41) is 0.953. The molecule has 1 atom stereocenters. The van der Waals surface area contributed by atoms with Crippen molar-refractivity contribution in [3.63, 3.8) is 0 Å². The molecule has 0 aliphatic rings. The van der Waals surface area contributed by atoms with Gasteiger partial charge in [-0.2, -0.15) is 0 Å². The standard InChI is InChI=1S/C35H38BrNO5S/c1-5-7-20-29(38)37(32(23(3)4)35(40)42-22-24-14-9-8-10-15-24)21-25-16-13-19-28-30(25)31(36)33(43-28)26-17-11-12-18-27(26)34(39)41-6-2/h8-19,23,32H,5-7,20-22H2,1-4H3/t32-/m0/s1. The third kappa shape index (κ3) is 7.73. The van der Waals surface area contributed by atoms with E-state index >= 15 is 0 Å². The zero-order chi connectivity index (χ0) is 30.9. The first kappa shape index (κ1) is 32.4. The molecule has 226 valence electrons. The van der Waals surface area contributed by atoms with Gasteiger partial charge in [0.15, 0.2) is 0 Å². The van der Waals surface area contributed by atoms with Crippen LogP contribution in [0.2, 0.25) is 0 Å². The van der Waals surface area contributed by atoms with Crippen LogP contribution in [0.1, 0.15) is 68.4 Å². The van der Waals surface area contributed by atoms with E-state index in [1.807, 2.05) is 87.5 Å². The molecule has 0 aliphatic heterocycles. The van der Waals surface area contributed by atoms with Crippen LogP contribution < -0.4 is 0 Å². The second-order valence-corrected chi connectivity index (χ2v) is 12.6. The van der Waals surface area contributed by atoms with Crippen LogP contribution in [-0.4, -0.2) is 35.4 Å². The first-order valence-electron chi connectivity index (χ1n) is 14.7. The number of halogens is 1. The van der Waals surface area contributed by atoms with Crippen molar-refractivity contribution in [3.05, 3.63) is 94.0 Å². The number of benzene rings is 3. The van der Waals surface area contributed by atoms with E-state index < -0.39 is 12.0 Å². The van der Waals surface area contributed by atoms with Crippen molar-refractivity contribution in [2.75, 3.05) is 6.61 Å². The van der Waals surface area contributed by atoms with E-state index in [0.717, 1.165) is 49.0 Å². The largest absolute Gasteiger partial charge is 0.462 e. The van der Waals surface area contributed by atoms with Crippen molar-refractivity contribution >= 4 is 55.2 Å². The Bertz CT molecular complexity index is 1570. The molecule has 8 heteroatoms. The topological polar surface area (TPSA) is 72.9 Å². The molecule has 0 saturated carbocycles. The predicted molar refractivity (Wildman–Crippen MR) is 176 cm³/mol. The summed E-state index contributed by atoms with van der Waals surface area (Å²) in [6.07, 6.45) is 1.96. The van der Waals surface area contributed by atoms with Crippen molar-refractivity contribution < 1.29 is 23.9 Å². The van der Waals surface area contributed by atoms with E-state index in [1.54, 1.807) is 29.2 Å². The van der Waals surface area contributed by atoms with Gasteiger partial charge in [-0.3, -0.25) is 4.79 Å². The lowest BCUT2D eigenvalue weighted by Gasteiger charge is -2.33. The molecule has 0 bridgehead atoms. The van der Waals surface area contributed by atoms with Crippen molar-refractivity contribution in [3.8, 4) is 10.4 Å². The monoisotopic (exact) mass is 663 g/mol. The lowest BCUT2D eigenvalue weighted by Crippen LogP contribution is -2.48. The highest BCUT2D eigenvalue weighted by atomic mass is 79.9. The van der Waals surface area contributed by atoms with E-state index in [1.165, 1.54) is 0 Å². The van der Waals surface area contributed by atoms with Crippen LogP contribution in [0.15, 0.2) is 77.3 Å². The number of ether oxygens (including phenoxy) is 2. The van der Waals surface area contributed by atoms with Crippen LogP contribution in [0.4, 0.5) is 0 Å². The van der Waals surface area contributed by atoms with Gasteiger partial charge in [-0.15, -0.1) is 11.3 Å². The Hall–Kier alpha value is -3.49. The van der Waals surface area contributed by atoms with E-state index in [-0.39, 0.29) is 37.6 Å². The number of carbonyl (C=O) groups excluding carboxylic acids is 3. The number of hydrogen-bond acceptors (Lipinski definition) is 6. The van der Waals surface area contributed by atoms with Gasteiger partial charge in [0.2, 0.25) is 5.91 Å². The van der Waals surface area contributed by atoms with Crippen LogP contribution in [-0.2, 0) is 32.2 Å². The number of rotatable bonds is 13. The van der Waals surface area contributed by atoms with Crippen LogP contribution in [0.3, 0.4) is 0 Å². The Morgan fingerprint density at radius 3 is 2.33 bits per heavy atom. The summed E-state index contributed by atoms with van der Waals surface area (Å²) < 4.78 is 12.9. The second-order valence-electron chi connectivity index (χ2n) is 10.7. The average Bonchev–Trinajstić information content (AvgIpc) is 3.35. The Labute approximate surface area is 266 Å². The number of amides is 1. The highest BCUT2D eigenvalue weighted by Crippen LogP contribution is 2.45. The summed E-state index contributed by atoms with van der Waals surface area (Å²) >= 11 is 5.41. The predicted octanol–water partition coefficient (Wildman–Crippen LogP) is 8.79. The maximum atomic E-state index is 13.7. The normalized spacial score (nSPS) is 11.9. The molecular weight excluding hydrogens is 626 g/mol. The number of esters is 2. The summed E-state index contributed by atoms with van der Waals surface area (Å²) in [5.41, 5.74) is 3.08. The first-order chi connectivity index (χ1) is 20.8. The maximum absolute atomic E-state index is 13.7. The maximum Gasteiger partial charge on any atom is 0.338 e. The van der Waals surface area contributed by atoms with Gasteiger partial charge >= 0.3 is 11.9 Å². The Balaban J connectivity index is 1.73. The Morgan fingerprint density at radius 2 is 1.63 bits per heavy atom. The highest BCUT2D eigenvalue weighted by Gasteiger charge is 2.34. The van der Waals surface area contributed by atoms with E-state index in [0.29, 0.717) is 12.0 Å². The van der Waals surface area contributed by atoms with Gasteiger partial charge in [0.1, 0.15) is 12.6 Å². The molecule has 1 amide bonds. The fourth-order valence-corrected chi connectivity index (χ4v) is 7.36. The lowest BCUT2D eigenvalue weighted by molar-refractivity contribution is -0.159. The Morgan fingerprint density at radius 1 is 0.907 bits per heavy atom. The molecule has 0 N–H and O–H groups in total. The van der Waals surface area contributed by atoms with Crippen molar-refractivity contribution in [1.29, 1.82) is 0 Å². The minimum Gasteiger partial charge on any atom is -0.462 e. The molecule has 1 heterocycles. The molecule has 0 saturated heterocycles. The van der Waals surface area contributed by atoms with Crippen LogP contribution in [0, 0.1) is 5.92 Å². The molecule has 4 aromatic rings. The van der Waals surface area contributed by atoms with Gasteiger partial charge in [-0.1, -0.05) is 87.9 Å². The second kappa shape index (κ2) is 15.3. The smallest absolute Gasteiger partial charge is 0.338 e. The molecule has 3 aromatic carbocycles. The molecule has 0 unspecified atom stereocenters. The molecule has 6 nitrogen and oxygen atoms in total. The van der Waals surface area contributed by atoms with Crippen LogP contribution in [0.25, 0.3) is 20.5 Å². The van der Waals surface area contributed by atoms with Crippen LogP contribution in [0.5, 0.6) is 0 Å². The first-order valence-corrected chi connectivity index (χ1v) is 16.3. The van der Waals surface area contributed by atoms with Gasteiger partial charge in [-0.25, -0.2) is 9.59 Å². The third-order valence-electron chi connectivity index (χ3n) is 7.25. The molecule has 4 rings (SSSR count). The molecule has 0 spiro atoms. The summed E-state index contributed by atoms with van der Waals surface area (Å²) in [7, 11) is 0. The number of fused-ring (bicyclic) bond motifs is 1. The SMILES string of the molecule is CCCCC(=O)N(Cc1cccc2sc(-c3ccccc3C(=O)OCC)c(Br)c12)[C@H](C(=O)OCc1ccccc1)C(C)C. The fraction of sp³-hybridized carbons (Fsp3) is 0.343. The minimum atomic E-state index is -0.746. The summed E-state index contributed by atoms with van der Waals surface area (Å²) in [6.45, 7) is 8.41. The van der Waals surface area contributed by atoms with Gasteiger partial charge < -0.3 is 14.4 Å². The number of unbranched alkanes of at least 4 members (excludes halogenated alkanes) is 1. The number of nitrogens with zero attached hydrogens (tertiary/aromatic N) is 1. The third-order valence-corrected chi connectivity index (χ3v) is 9.49. The van der Waals surface area contributed by atoms with Crippen molar-refractivity contribution in [1.82, 2.24) is 4.90 Å². The summed E-state index contributed by atoms with van der Waals surface area (Å²) in [4.78, 5) is 42.7. The quantitative estimate of drug-likeness (QED) is 0.134. The molecule has 43 heavy (non-hydrogen) atoms. The van der Waals surface area contributed by atoms with E-state index in [4.69, 9.17) is 9.47 Å². The number of hydrogen-bond donors (Lipinski definition) is 0. The zero-order valence-corrected chi connectivity index (χ0v) is 27.5. The van der Waals surface area contributed by atoms with Crippen molar-refractivity contribution in [2.45, 2.75) is 66.2 Å². The minimum absolute atomic E-state index is 0.0755. The highest BCUT2D eigenvalue weighted by molar-refractivity contribution is 9.10. The molecule has 0 fully saturated rings. The van der Waals surface area contributed by atoms with E-state index in [9.17, 15) is 14.4 Å². The lowest BCUT2D eigenvalue weighted by atomic mass is 9.99. The van der Waals surface area contributed by atoms with Gasteiger partial charge in [0.05, 0.1) is 17.0 Å². The fourth-order valence-electron chi connectivity index (χ4n) is 5.12. The molecule has 0 aliphatic carbocycles. The van der Waals surface area contributed by atoms with Crippen molar-refractivity contribution in [2.24, 2.45) is 5.92 Å². The number of carbonyl (C=O) groups is 3. The van der Waals surface area contributed by atoms with Gasteiger partial charge in [0, 0.05) is 33.1 Å². The average molecular weight is 665 g/mol. The molecule has 1 aromatic heterocycles. The Kier molecular flexibility index (Phi) is 11.5. The zero-order valence-electron chi connectivity index (χ0n) is 25.1. The van der Waals surface area contributed by atoms with E-state index in [2.05, 4.69) is 15.9 Å². The number of thiophene rings is 1. The summed E-state index contributed by atoms with van der Waals surface area (Å²) in [6, 6.07) is 22.2. The van der Waals surface area contributed by atoms with Gasteiger partial charge in [-0.05, 0) is 58.5 Å². The van der Waals surface area contributed by atoms with Gasteiger partial charge in [0.25, 0.3) is 0 Å². The molecular formula is C35H38BrNO5S.